The number of hydrogen-bond donors (Lipinski definition) is 2. The Morgan fingerprint density at radius 3 is 2.58 bits per heavy atom. The fourth-order valence-electron chi connectivity index (χ4n) is 1.98. The Morgan fingerprint density at radius 1 is 1.16 bits per heavy atom. The van der Waals surface area contributed by atoms with Gasteiger partial charge in [0, 0.05) is 11.3 Å². The van der Waals surface area contributed by atoms with Gasteiger partial charge in [-0.05, 0) is 43.7 Å². The fourth-order valence-corrected chi connectivity index (χ4v) is 1.98. The standard InChI is InChI=1S/C16H18N2O/c1-11-5-3-7-14(9-11)16(19)18-12(2)13-6-4-8-15(17)10-13/h3-10,12H,17H2,1-2H3,(H,18,19). The van der Waals surface area contributed by atoms with Crippen molar-refractivity contribution in [3.05, 3.63) is 65.2 Å². The Balaban J connectivity index is 2.11. The maximum absolute atomic E-state index is 12.1. The van der Waals surface area contributed by atoms with E-state index in [0.717, 1.165) is 11.1 Å². The summed E-state index contributed by atoms with van der Waals surface area (Å²) < 4.78 is 0. The number of hydrogen-bond acceptors (Lipinski definition) is 2. The molecule has 0 saturated heterocycles. The SMILES string of the molecule is Cc1cccc(C(=O)NC(C)c2cccc(N)c2)c1. The Labute approximate surface area is 113 Å². The van der Waals surface area contributed by atoms with Gasteiger partial charge < -0.3 is 11.1 Å². The first-order chi connectivity index (χ1) is 9.06. The first-order valence-corrected chi connectivity index (χ1v) is 6.29. The average Bonchev–Trinajstić information content (AvgIpc) is 2.38. The highest BCUT2D eigenvalue weighted by atomic mass is 16.1. The summed E-state index contributed by atoms with van der Waals surface area (Å²) in [7, 11) is 0. The van der Waals surface area contributed by atoms with E-state index in [2.05, 4.69) is 5.32 Å². The van der Waals surface area contributed by atoms with E-state index in [0.29, 0.717) is 11.3 Å². The van der Waals surface area contributed by atoms with Crippen LogP contribution in [0, 0.1) is 6.92 Å². The third-order valence-corrected chi connectivity index (χ3v) is 3.04. The summed E-state index contributed by atoms with van der Waals surface area (Å²) in [6.07, 6.45) is 0. The average molecular weight is 254 g/mol. The van der Waals surface area contributed by atoms with Crippen LogP contribution in [0.2, 0.25) is 0 Å². The van der Waals surface area contributed by atoms with E-state index in [-0.39, 0.29) is 11.9 Å². The van der Waals surface area contributed by atoms with Crippen LogP contribution < -0.4 is 11.1 Å². The molecule has 0 aliphatic rings. The molecular weight excluding hydrogens is 236 g/mol. The second-order valence-electron chi connectivity index (χ2n) is 4.73. The van der Waals surface area contributed by atoms with Crippen molar-refractivity contribution in [2.45, 2.75) is 19.9 Å². The normalized spacial score (nSPS) is 11.9. The van der Waals surface area contributed by atoms with E-state index in [4.69, 9.17) is 5.73 Å². The predicted octanol–water partition coefficient (Wildman–Crippen LogP) is 3.07. The highest BCUT2D eigenvalue weighted by Gasteiger charge is 2.11. The zero-order chi connectivity index (χ0) is 13.8. The number of aryl methyl sites for hydroxylation is 1. The largest absolute Gasteiger partial charge is 0.399 e. The fraction of sp³-hybridized carbons (Fsp3) is 0.188. The lowest BCUT2D eigenvalue weighted by Gasteiger charge is -2.15. The molecule has 1 unspecified atom stereocenters. The topological polar surface area (TPSA) is 55.1 Å². The van der Waals surface area contributed by atoms with E-state index in [1.165, 1.54) is 0 Å². The van der Waals surface area contributed by atoms with Crippen LogP contribution in [0.4, 0.5) is 5.69 Å². The summed E-state index contributed by atoms with van der Waals surface area (Å²) in [6, 6.07) is 15.0. The predicted molar refractivity (Wildman–Crippen MR) is 77.9 cm³/mol. The summed E-state index contributed by atoms with van der Waals surface area (Å²) >= 11 is 0. The lowest BCUT2D eigenvalue weighted by Crippen LogP contribution is -2.26. The number of amides is 1. The monoisotopic (exact) mass is 254 g/mol. The van der Waals surface area contributed by atoms with Gasteiger partial charge in [-0.15, -0.1) is 0 Å². The third-order valence-electron chi connectivity index (χ3n) is 3.04. The molecule has 0 aliphatic heterocycles. The third kappa shape index (κ3) is 3.35. The molecule has 3 heteroatoms. The lowest BCUT2D eigenvalue weighted by molar-refractivity contribution is 0.0940. The van der Waals surface area contributed by atoms with Gasteiger partial charge in [-0.25, -0.2) is 0 Å². The number of benzene rings is 2. The lowest BCUT2D eigenvalue weighted by atomic mass is 10.1. The van der Waals surface area contributed by atoms with E-state index >= 15 is 0 Å². The van der Waals surface area contributed by atoms with Crippen LogP contribution in [0.5, 0.6) is 0 Å². The van der Waals surface area contributed by atoms with Gasteiger partial charge in [-0.3, -0.25) is 4.79 Å². The van der Waals surface area contributed by atoms with Crippen LogP contribution in [0.15, 0.2) is 48.5 Å². The molecule has 0 spiro atoms. The minimum atomic E-state index is -0.0727. The van der Waals surface area contributed by atoms with Crippen molar-refractivity contribution in [1.82, 2.24) is 5.32 Å². The maximum atomic E-state index is 12.1. The van der Waals surface area contributed by atoms with Crippen LogP contribution in [-0.2, 0) is 0 Å². The van der Waals surface area contributed by atoms with E-state index in [9.17, 15) is 4.79 Å². The van der Waals surface area contributed by atoms with Crippen molar-refractivity contribution in [3.8, 4) is 0 Å². The van der Waals surface area contributed by atoms with Gasteiger partial charge in [0.15, 0.2) is 0 Å². The molecule has 19 heavy (non-hydrogen) atoms. The van der Waals surface area contributed by atoms with Gasteiger partial charge in [0.1, 0.15) is 0 Å². The van der Waals surface area contributed by atoms with Crippen LogP contribution >= 0.6 is 0 Å². The smallest absolute Gasteiger partial charge is 0.251 e. The molecule has 0 saturated carbocycles. The molecule has 98 valence electrons. The molecule has 1 atom stereocenters. The second kappa shape index (κ2) is 5.57. The summed E-state index contributed by atoms with van der Waals surface area (Å²) in [4.78, 5) is 12.1. The summed E-state index contributed by atoms with van der Waals surface area (Å²) in [5.41, 5.74) is 9.20. The van der Waals surface area contributed by atoms with Crippen molar-refractivity contribution in [1.29, 1.82) is 0 Å². The number of rotatable bonds is 3. The Kier molecular flexibility index (Phi) is 3.85. The number of anilines is 1. The van der Waals surface area contributed by atoms with Crippen LogP contribution in [0.3, 0.4) is 0 Å². The summed E-state index contributed by atoms with van der Waals surface area (Å²) in [6.45, 7) is 3.92. The van der Waals surface area contributed by atoms with Gasteiger partial charge in [0.25, 0.3) is 5.91 Å². The maximum Gasteiger partial charge on any atom is 0.251 e. The van der Waals surface area contributed by atoms with E-state index in [1.54, 1.807) is 0 Å². The van der Waals surface area contributed by atoms with Crippen LogP contribution in [-0.4, -0.2) is 5.91 Å². The van der Waals surface area contributed by atoms with Crippen LogP contribution in [0.1, 0.15) is 34.5 Å². The molecule has 0 fully saturated rings. The zero-order valence-corrected chi connectivity index (χ0v) is 11.2. The number of nitrogens with one attached hydrogen (secondary N) is 1. The molecule has 3 N–H and O–H groups in total. The minimum absolute atomic E-state index is 0.0707. The zero-order valence-electron chi connectivity index (χ0n) is 11.2. The number of nitrogens with two attached hydrogens (primary N) is 1. The molecule has 1 amide bonds. The molecule has 0 bridgehead atoms. The second-order valence-corrected chi connectivity index (χ2v) is 4.73. The van der Waals surface area contributed by atoms with Gasteiger partial charge in [0.2, 0.25) is 0 Å². The van der Waals surface area contributed by atoms with E-state index in [1.807, 2.05) is 62.4 Å². The van der Waals surface area contributed by atoms with Gasteiger partial charge >= 0.3 is 0 Å². The number of carbonyl (C=O) groups excluding carboxylic acids is 1. The van der Waals surface area contributed by atoms with Crippen molar-refractivity contribution >= 4 is 11.6 Å². The van der Waals surface area contributed by atoms with Crippen LogP contribution in [0.25, 0.3) is 0 Å². The van der Waals surface area contributed by atoms with E-state index < -0.39 is 0 Å². The number of carbonyl (C=O) groups is 1. The van der Waals surface area contributed by atoms with Gasteiger partial charge in [-0.2, -0.15) is 0 Å². The first-order valence-electron chi connectivity index (χ1n) is 6.29. The number of nitrogen functional groups attached to an aromatic ring is 1. The summed E-state index contributed by atoms with van der Waals surface area (Å²) in [5, 5.41) is 2.97. The first kappa shape index (κ1) is 13.1. The van der Waals surface area contributed by atoms with Gasteiger partial charge in [0.05, 0.1) is 6.04 Å². The highest BCUT2D eigenvalue weighted by Crippen LogP contribution is 2.16. The quantitative estimate of drug-likeness (QED) is 0.827. The Morgan fingerprint density at radius 2 is 1.89 bits per heavy atom. The van der Waals surface area contributed by atoms with Crippen molar-refractivity contribution in [2.75, 3.05) is 5.73 Å². The molecule has 2 rings (SSSR count). The molecule has 0 aliphatic carbocycles. The van der Waals surface area contributed by atoms with Crippen molar-refractivity contribution < 1.29 is 4.79 Å². The van der Waals surface area contributed by atoms with Crippen molar-refractivity contribution in [3.63, 3.8) is 0 Å². The molecule has 0 heterocycles. The Bertz CT molecular complexity index is 593. The molecular formula is C16H18N2O. The van der Waals surface area contributed by atoms with Crippen molar-refractivity contribution in [2.24, 2.45) is 0 Å². The highest BCUT2D eigenvalue weighted by molar-refractivity contribution is 5.94. The van der Waals surface area contributed by atoms with Gasteiger partial charge in [-0.1, -0.05) is 29.8 Å². The Hall–Kier alpha value is -2.29. The molecule has 0 aromatic heterocycles. The molecule has 0 radical (unpaired) electrons. The molecule has 2 aromatic carbocycles. The molecule has 2 aromatic rings. The molecule has 3 nitrogen and oxygen atoms in total. The summed E-state index contributed by atoms with van der Waals surface area (Å²) in [5.74, 6) is -0.0707. The minimum Gasteiger partial charge on any atom is -0.399 e.